The number of aromatic nitrogens is 4. The minimum absolute atomic E-state index is 0.0833. The van der Waals surface area contributed by atoms with Gasteiger partial charge in [-0.15, -0.1) is 0 Å². The van der Waals surface area contributed by atoms with Crippen LogP contribution in [0.4, 0.5) is 11.8 Å². The Hall–Kier alpha value is -3.42. The molecule has 8 heteroatoms. The molecule has 3 heterocycles. The van der Waals surface area contributed by atoms with Gasteiger partial charge in [0.15, 0.2) is 0 Å². The maximum absolute atomic E-state index is 12.8. The first kappa shape index (κ1) is 18.0. The van der Waals surface area contributed by atoms with Gasteiger partial charge in [-0.05, 0) is 25.0 Å². The summed E-state index contributed by atoms with van der Waals surface area (Å²) in [5.74, 6) is 1.74. The summed E-state index contributed by atoms with van der Waals surface area (Å²) >= 11 is 0. The molecule has 8 nitrogen and oxygen atoms in total. The van der Waals surface area contributed by atoms with Gasteiger partial charge in [-0.25, -0.2) is 9.97 Å². The maximum atomic E-state index is 12.8. The zero-order chi connectivity index (χ0) is 19.5. The Morgan fingerprint density at radius 2 is 2.07 bits per heavy atom. The van der Waals surface area contributed by atoms with E-state index in [-0.39, 0.29) is 11.9 Å². The third kappa shape index (κ3) is 3.80. The van der Waals surface area contributed by atoms with Gasteiger partial charge in [0.05, 0.1) is 12.2 Å². The summed E-state index contributed by atoms with van der Waals surface area (Å²) in [7, 11) is 1.76. The van der Waals surface area contributed by atoms with Crippen molar-refractivity contribution < 1.29 is 4.79 Å². The SMILES string of the molecule is CN(Cc1ncc[nH]1)C(=O)c1cccc(-c2cc(N3CCCC3)nc(N)n2)c1. The van der Waals surface area contributed by atoms with E-state index in [1.54, 1.807) is 30.4 Å². The second kappa shape index (κ2) is 7.67. The standard InChI is InChI=1S/C20H23N7O/c1-26(13-17-22-7-8-23-17)19(28)15-6-4-5-14(11-15)16-12-18(25-20(21)24-16)27-9-2-3-10-27/h4-8,11-12H,2-3,9-10,13H2,1H3,(H,22,23)(H2,21,24,25). The highest BCUT2D eigenvalue weighted by atomic mass is 16.2. The van der Waals surface area contributed by atoms with E-state index in [0.29, 0.717) is 12.1 Å². The molecule has 1 saturated heterocycles. The molecule has 0 aliphatic carbocycles. The molecule has 1 fully saturated rings. The van der Waals surface area contributed by atoms with Crippen molar-refractivity contribution in [1.82, 2.24) is 24.8 Å². The first-order valence-electron chi connectivity index (χ1n) is 9.34. The van der Waals surface area contributed by atoms with Crippen LogP contribution in [0.15, 0.2) is 42.7 Å². The summed E-state index contributed by atoms with van der Waals surface area (Å²) in [5.41, 5.74) is 8.10. The molecule has 1 aromatic carbocycles. The number of nitrogens with zero attached hydrogens (tertiary/aromatic N) is 5. The molecule has 0 spiro atoms. The smallest absolute Gasteiger partial charge is 0.254 e. The molecule has 0 radical (unpaired) electrons. The lowest BCUT2D eigenvalue weighted by molar-refractivity contribution is 0.0782. The molecule has 0 saturated carbocycles. The number of carbonyl (C=O) groups is 1. The number of hydrogen-bond acceptors (Lipinski definition) is 6. The molecule has 2 aromatic heterocycles. The summed E-state index contributed by atoms with van der Waals surface area (Å²) in [6.45, 7) is 2.37. The van der Waals surface area contributed by atoms with Gasteiger partial charge < -0.3 is 20.5 Å². The normalized spacial score (nSPS) is 13.7. The van der Waals surface area contributed by atoms with Gasteiger partial charge in [0.1, 0.15) is 11.6 Å². The zero-order valence-electron chi connectivity index (χ0n) is 15.8. The zero-order valence-corrected chi connectivity index (χ0v) is 15.8. The Morgan fingerprint density at radius 3 is 2.82 bits per heavy atom. The predicted octanol–water partition coefficient (Wildman–Crippen LogP) is 2.32. The van der Waals surface area contributed by atoms with Crippen molar-refractivity contribution in [1.29, 1.82) is 0 Å². The fourth-order valence-electron chi connectivity index (χ4n) is 3.42. The molecule has 0 unspecified atom stereocenters. The van der Waals surface area contributed by atoms with E-state index >= 15 is 0 Å². The van der Waals surface area contributed by atoms with Crippen molar-refractivity contribution in [3.8, 4) is 11.3 Å². The lowest BCUT2D eigenvalue weighted by Crippen LogP contribution is -2.26. The number of imidazole rings is 1. The Labute approximate surface area is 163 Å². The summed E-state index contributed by atoms with van der Waals surface area (Å²) < 4.78 is 0. The molecule has 1 aliphatic rings. The largest absolute Gasteiger partial charge is 0.368 e. The van der Waals surface area contributed by atoms with E-state index in [4.69, 9.17) is 5.73 Å². The van der Waals surface area contributed by atoms with Gasteiger partial charge >= 0.3 is 0 Å². The summed E-state index contributed by atoms with van der Waals surface area (Å²) in [4.78, 5) is 32.6. The highest BCUT2D eigenvalue weighted by Crippen LogP contribution is 2.26. The maximum Gasteiger partial charge on any atom is 0.254 e. The van der Waals surface area contributed by atoms with Crippen LogP contribution in [-0.2, 0) is 6.54 Å². The molecule has 1 aliphatic heterocycles. The van der Waals surface area contributed by atoms with Crippen LogP contribution >= 0.6 is 0 Å². The molecule has 144 valence electrons. The van der Waals surface area contributed by atoms with Gasteiger partial charge in [-0.3, -0.25) is 4.79 Å². The van der Waals surface area contributed by atoms with Crippen LogP contribution in [0, 0.1) is 0 Å². The van der Waals surface area contributed by atoms with Crippen LogP contribution in [0.5, 0.6) is 0 Å². The van der Waals surface area contributed by atoms with Crippen molar-refractivity contribution in [3.05, 3.63) is 54.1 Å². The molecule has 0 bridgehead atoms. The van der Waals surface area contributed by atoms with Crippen LogP contribution < -0.4 is 10.6 Å². The van der Waals surface area contributed by atoms with E-state index in [1.807, 2.05) is 24.3 Å². The van der Waals surface area contributed by atoms with Gasteiger partial charge in [-0.1, -0.05) is 12.1 Å². The summed E-state index contributed by atoms with van der Waals surface area (Å²) in [6, 6.07) is 9.38. The Balaban J connectivity index is 1.59. The fourth-order valence-corrected chi connectivity index (χ4v) is 3.42. The minimum atomic E-state index is -0.0833. The first-order chi connectivity index (χ1) is 13.6. The molecule has 1 amide bonds. The second-order valence-electron chi connectivity index (χ2n) is 6.94. The number of hydrogen-bond donors (Lipinski definition) is 2. The van der Waals surface area contributed by atoms with Crippen molar-refractivity contribution >= 4 is 17.7 Å². The number of nitrogens with two attached hydrogens (primary N) is 1. The van der Waals surface area contributed by atoms with Crippen molar-refractivity contribution in [2.45, 2.75) is 19.4 Å². The van der Waals surface area contributed by atoms with Gasteiger partial charge in [0.2, 0.25) is 5.95 Å². The first-order valence-corrected chi connectivity index (χ1v) is 9.34. The van der Waals surface area contributed by atoms with Crippen LogP contribution in [-0.4, -0.2) is 50.9 Å². The summed E-state index contributed by atoms with van der Waals surface area (Å²) in [5, 5.41) is 0. The third-order valence-corrected chi connectivity index (χ3v) is 4.85. The van der Waals surface area contributed by atoms with E-state index in [0.717, 1.165) is 48.8 Å². The van der Waals surface area contributed by atoms with E-state index in [1.165, 1.54) is 0 Å². The topological polar surface area (TPSA) is 104 Å². The number of nitrogens with one attached hydrogen (secondary N) is 1. The summed E-state index contributed by atoms with van der Waals surface area (Å²) in [6.07, 6.45) is 5.73. The van der Waals surface area contributed by atoms with Crippen molar-refractivity contribution in [2.75, 3.05) is 30.8 Å². The minimum Gasteiger partial charge on any atom is -0.368 e. The molecule has 0 atom stereocenters. The number of carbonyl (C=O) groups excluding carboxylic acids is 1. The van der Waals surface area contributed by atoms with Crippen molar-refractivity contribution in [2.24, 2.45) is 0 Å². The third-order valence-electron chi connectivity index (χ3n) is 4.85. The average molecular weight is 377 g/mol. The average Bonchev–Trinajstić information content (AvgIpc) is 3.41. The lowest BCUT2D eigenvalue weighted by Gasteiger charge is -2.18. The van der Waals surface area contributed by atoms with Crippen LogP contribution in [0.1, 0.15) is 29.0 Å². The van der Waals surface area contributed by atoms with Crippen LogP contribution in [0.2, 0.25) is 0 Å². The second-order valence-corrected chi connectivity index (χ2v) is 6.94. The van der Waals surface area contributed by atoms with Gasteiger partial charge in [0, 0.05) is 49.7 Å². The number of nitrogen functional groups attached to an aromatic ring is 1. The highest BCUT2D eigenvalue weighted by Gasteiger charge is 2.17. The lowest BCUT2D eigenvalue weighted by atomic mass is 10.1. The number of rotatable bonds is 5. The fraction of sp³-hybridized carbons (Fsp3) is 0.300. The van der Waals surface area contributed by atoms with E-state index in [9.17, 15) is 4.79 Å². The number of aromatic amines is 1. The molecule has 4 rings (SSSR count). The van der Waals surface area contributed by atoms with E-state index < -0.39 is 0 Å². The van der Waals surface area contributed by atoms with E-state index in [2.05, 4.69) is 24.8 Å². The van der Waals surface area contributed by atoms with Crippen molar-refractivity contribution in [3.63, 3.8) is 0 Å². The van der Waals surface area contributed by atoms with Gasteiger partial charge in [-0.2, -0.15) is 4.98 Å². The predicted molar refractivity (Wildman–Crippen MR) is 108 cm³/mol. The number of benzene rings is 1. The highest BCUT2D eigenvalue weighted by molar-refractivity contribution is 5.95. The van der Waals surface area contributed by atoms with Crippen LogP contribution in [0.25, 0.3) is 11.3 Å². The Morgan fingerprint density at radius 1 is 1.25 bits per heavy atom. The molecule has 3 N–H and O–H groups in total. The van der Waals surface area contributed by atoms with Gasteiger partial charge in [0.25, 0.3) is 5.91 Å². The molecule has 3 aromatic rings. The monoisotopic (exact) mass is 377 g/mol. The van der Waals surface area contributed by atoms with Crippen LogP contribution in [0.3, 0.4) is 0 Å². The molecular formula is C20H23N7O. The Bertz CT molecular complexity index is 964. The quantitative estimate of drug-likeness (QED) is 0.707. The number of H-pyrrole nitrogens is 1. The molecule has 28 heavy (non-hydrogen) atoms. The number of amides is 1. The Kier molecular flexibility index (Phi) is 4.92. The number of anilines is 2. The molecular weight excluding hydrogens is 354 g/mol.